The van der Waals surface area contributed by atoms with Crippen LogP contribution in [0.4, 0.5) is 13.2 Å². The van der Waals surface area contributed by atoms with Crippen LogP contribution in [0.3, 0.4) is 0 Å². The van der Waals surface area contributed by atoms with Crippen LogP contribution in [0.1, 0.15) is 11.3 Å². The second-order valence-corrected chi connectivity index (χ2v) is 3.96. The first kappa shape index (κ1) is 12.8. The van der Waals surface area contributed by atoms with E-state index in [4.69, 9.17) is 11.6 Å². The van der Waals surface area contributed by atoms with Crippen molar-refractivity contribution >= 4 is 11.6 Å². The van der Waals surface area contributed by atoms with Gasteiger partial charge in [0.2, 0.25) is 0 Å². The van der Waals surface area contributed by atoms with Crippen LogP contribution >= 0.6 is 11.6 Å². The summed E-state index contributed by atoms with van der Waals surface area (Å²) in [5.74, 6) is 0.242. The van der Waals surface area contributed by atoms with Crippen LogP contribution in [-0.4, -0.2) is 15.0 Å². The molecule has 0 radical (unpaired) electrons. The van der Waals surface area contributed by atoms with Crippen molar-refractivity contribution in [3.05, 3.63) is 40.9 Å². The van der Waals surface area contributed by atoms with Crippen molar-refractivity contribution < 1.29 is 13.2 Å². The number of hydrogen-bond donors (Lipinski definition) is 0. The third-order valence-electron chi connectivity index (χ3n) is 2.22. The molecular weight excluding hydrogens is 267 g/mol. The van der Waals surface area contributed by atoms with Crippen molar-refractivity contribution in [2.75, 3.05) is 0 Å². The molecule has 0 aliphatic carbocycles. The van der Waals surface area contributed by atoms with Crippen LogP contribution in [-0.2, 0) is 6.18 Å². The SMILES string of the molecule is Cc1cnc(-c2ccc(C(F)(F)F)nc2)nc1Cl. The third kappa shape index (κ3) is 2.59. The first-order chi connectivity index (χ1) is 8.38. The fourth-order valence-corrected chi connectivity index (χ4v) is 1.38. The van der Waals surface area contributed by atoms with Gasteiger partial charge in [-0.15, -0.1) is 0 Å². The van der Waals surface area contributed by atoms with E-state index in [1.165, 1.54) is 12.3 Å². The van der Waals surface area contributed by atoms with E-state index in [2.05, 4.69) is 15.0 Å². The van der Waals surface area contributed by atoms with E-state index in [9.17, 15) is 13.2 Å². The Bertz CT molecular complexity index is 567. The minimum absolute atomic E-state index is 0.242. The summed E-state index contributed by atoms with van der Waals surface area (Å²) in [7, 11) is 0. The largest absolute Gasteiger partial charge is 0.433 e. The molecule has 0 spiro atoms. The van der Waals surface area contributed by atoms with Gasteiger partial charge in [0, 0.05) is 23.5 Å². The number of halogens is 4. The van der Waals surface area contributed by atoms with Crippen LogP contribution in [0.2, 0.25) is 5.15 Å². The van der Waals surface area contributed by atoms with Crippen molar-refractivity contribution in [2.45, 2.75) is 13.1 Å². The lowest BCUT2D eigenvalue weighted by Gasteiger charge is -2.06. The van der Waals surface area contributed by atoms with Gasteiger partial charge in [-0.05, 0) is 19.1 Å². The summed E-state index contributed by atoms with van der Waals surface area (Å²) >= 11 is 5.82. The number of nitrogens with zero attached hydrogens (tertiary/aromatic N) is 3. The lowest BCUT2D eigenvalue weighted by molar-refractivity contribution is -0.141. The van der Waals surface area contributed by atoms with Gasteiger partial charge in [-0.3, -0.25) is 4.98 Å². The highest BCUT2D eigenvalue weighted by molar-refractivity contribution is 6.30. The van der Waals surface area contributed by atoms with E-state index in [0.717, 1.165) is 12.3 Å². The quantitative estimate of drug-likeness (QED) is 0.746. The van der Waals surface area contributed by atoms with E-state index >= 15 is 0 Å². The van der Waals surface area contributed by atoms with Crippen molar-refractivity contribution in [3.63, 3.8) is 0 Å². The molecule has 0 aromatic carbocycles. The molecule has 7 heteroatoms. The summed E-state index contributed by atoms with van der Waals surface area (Å²) in [6.45, 7) is 1.73. The van der Waals surface area contributed by atoms with Gasteiger partial charge in [0.25, 0.3) is 0 Å². The average Bonchev–Trinajstić information content (AvgIpc) is 2.32. The lowest BCUT2D eigenvalue weighted by atomic mass is 10.2. The second kappa shape index (κ2) is 4.53. The van der Waals surface area contributed by atoms with Gasteiger partial charge in [0.05, 0.1) is 0 Å². The molecule has 94 valence electrons. The summed E-state index contributed by atoms with van der Waals surface area (Å²) in [5.41, 5.74) is 0.120. The predicted molar refractivity (Wildman–Crippen MR) is 60.0 cm³/mol. The molecule has 18 heavy (non-hydrogen) atoms. The molecule has 0 saturated heterocycles. The molecule has 0 fully saturated rings. The lowest BCUT2D eigenvalue weighted by Crippen LogP contribution is -2.07. The summed E-state index contributed by atoms with van der Waals surface area (Å²) in [6.07, 6.45) is -1.88. The molecule has 0 aliphatic rings. The molecule has 2 aromatic heterocycles. The molecule has 3 nitrogen and oxygen atoms in total. The van der Waals surface area contributed by atoms with E-state index < -0.39 is 11.9 Å². The van der Waals surface area contributed by atoms with Gasteiger partial charge in [0.1, 0.15) is 10.8 Å². The summed E-state index contributed by atoms with van der Waals surface area (Å²) in [4.78, 5) is 11.3. The molecule has 0 atom stereocenters. The van der Waals surface area contributed by atoms with Gasteiger partial charge >= 0.3 is 6.18 Å². The van der Waals surface area contributed by atoms with Gasteiger partial charge < -0.3 is 0 Å². The molecule has 2 aromatic rings. The molecule has 0 unspecified atom stereocenters. The smallest absolute Gasteiger partial charge is 0.251 e. The highest BCUT2D eigenvalue weighted by Crippen LogP contribution is 2.28. The van der Waals surface area contributed by atoms with Crippen LogP contribution in [0.25, 0.3) is 11.4 Å². The molecule has 0 aliphatic heterocycles. The van der Waals surface area contributed by atoms with Gasteiger partial charge in [0.15, 0.2) is 5.82 Å². The van der Waals surface area contributed by atoms with Crippen LogP contribution in [0, 0.1) is 6.92 Å². The number of aryl methyl sites for hydroxylation is 1. The third-order valence-corrected chi connectivity index (χ3v) is 2.60. The van der Waals surface area contributed by atoms with E-state index in [1.807, 2.05) is 0 Å². The fourth-order valence-electron chi connectivity index (χ4n) is 1.25. The topological polar surface area (TPSA) is 38.7 Å². The van der Waals surface area contributed by atoms with E-state index in [-0.39, 0.29) is 11.0 Å². The number of aromatic nitrogens is 3. The van der Waals surface area contributed by atoms with Gasteiger partial charge in [-0.25, -0.2) is 9.97 Å². The molecule has 0 N–H and O–H groups in total. The van der Waals surface area contributed by atoms with Crippen LogP contribution in [0.15, 0.2) is 24.5 Å². The first-order valence-electron chi connectivity index (χ1n) is 4.90. The molecule has 2 rings (SSSR count). The van der Waals surface area contributed by atoms with Crippen molar-refractivity contribution in [2.24, 2.45) is 0 Å². The molecule has 0 amide bonds. The summed E-state index contributed by atoms with van der Waals surface area (Å²) in [6, 6.07) is 2.14. The highest BCUT2D eigenvalue weighted by Gasteiger charge is 2.32. The normalized spacial score (nSPS) is 11.6. The second-order valence-electron chi connectivity index (χ2n) is 3.60. The predicted octanol–water partition coefficient (Wildman–Crippen LogP) is 3.52. The zero-order chi connectivity index (χ0) is 13.3. The maximum Gasteiger partial charge on any atom is 0.433 e. The maximum atomic E-state index is 12.3. The van der Waals surface area contributed by atoms with Crippen LogP contribution in [0.5, 0.6) is 0 Å². The van der Waals surface area contributed by atoms with E-state index in [0.29, 0.717) is 11.1 Å². The Morgan fingerprint density at radius 3 is 2.33 bits per heavy atom. The average molecular weight is 274 g/mol. The number of rotatable bonds is 1. The monoisotopic (exact) mass is 273 g/mol. The standard InChI is InChI=1S/C11H7ClF3N3/c1-6-4-17-10(18-9(6)12)7-2-3-8(16-5-7)11(13,14)15/h2-5H,1H3. The number of pyridine rings is 1. The fraction of sp³-hybridized carbons (Fsp3) is 0.182. The Labute approximate surface area is 106 Å². The van der Waals surface area contributed by atoms with Crippen LogP contribution < -0.4 is 0 Å². The maximum absolute atomic E-state index is 12.3. The zero-order valence-electron chi connectivity index (χ0n) is 9.16. The molecule has 0 saturated carbocycles. The summed E-state index contributed by atoms with van der Waals surface area (Å²) < 4.78 is 37.0. The Kier molecular flexibility index (Phi) is 3.21. The summed E-state index contributed by atoms with van der Waals surface area (Å²) in [5, 5.41) is 0.264. The van der Waals surface area contributed by atoms with Gasteiger partial charge in [-0.1, -0.05) is 11.6 Å². The molecule has 0 bridgehead atoms. The van der Waals surface area contributed by atoms with Gasteiger partial charge in [-0.2, -0.15) is 13.2 Å². The highest BCUT2D eigenvalue weighted by atomic mass is 35.5. The Hall–Kier alpha value is -1.69. The Morgan fingerprint density at radius 2 is 1.83 bits per heavy atom. The number of hydrogen-bond acceptors (Lipinski definition) is 3. The van der Waals surface area contributed by atoms with Crippen molar-refractivity contribution in [1.29, 1.82) is 0 Å². The zero-order valence-corrected chi connectivity index (χ0v) is 9.92. The molecule has 2 heterocycles. The van der Waals surface area contributed by atoms with E-state index in [1.54, 1.807) is 6.92 Å². The number of alkyl halides is 3. The Morgan fingerprint density at radius 1 is 1.11 bits per heavy atom. The minimum atomic E-state index is -4.45. The van der Waals surface area contributed by atoms with Crippen molar-refractivity contribution in [3.8, 4) is 11.4 Å². The Balaban J connectivity index is 2.37. The minimum Gasteiger partial charge on any atom is -0.251 e. The van der Waals surface area contributed by atoms with Crippen molar-refractivity contribution in [1.82, 2.24) is 15.0 Å². The molecular formula is C11H7ClF3N3. The first-order valence-corrected chi connectivity index (χ1v) is 5.28.